The highest BCUT2D eigenvalue weighted by Crippen LogP contribution is 2.25. The lowest BCUT2D eigenvalue weighted by Gasteiger charge is -2.08. The van der Waals surface area contributed by atoms with Crippen LogP contribution in [0, 0.1) is 6.92 Å². The molecule has 0 unspecified atom stereocenters. The summed E-state index contributed by atoms with van der Waals surface area (Å²) in [6, 6.07) is 12.7. The first-order valence-electron chi connectivity index (χ1n) is 7.88. The number of aliphatic hydroxyl groups excluding tert-OH is 1. The van der Waals surface area contributed by atoms with Crippen LogP contribution in [-0.2, 0) is 11.3 Å². The highest BCUT2D eigenvalue weighted by atomic mass is 16.5. The molecule has 0 aliphatic rings. The summed E-state index contributed by atoms with van der Waals surface area (Å²) in [5, 5.41) is 16.4. The largest absolute Gasteiger partial charge is 0.484 e. The van der Waals surface area contributed by atoms with Gasteiger partial charge in [0.1, 0.15) is 17.3 Å². The lowest BCUT2D eigenvalue weighted by molar-refractivity contribution is -0.118. The van der Waals surface area contributed by atoms with Crippen LogP contribution in [-0.4, -0.2) is 34.0 Å². The number of aliphatic hydroxyl groups is 1. The molecule has 2 N–H and O–H groups in total. The maximum atomic E-state index is 12.1. The van der Waals surface area contributed by atoms with E-state index in [1.54, 1.807) is 29.1 Å². The van der Waals surface area contributed by atoms with Gasteiger partial charge in [0.15, 0.2) is 6.61 Å². The van der Waals surface area contributed by atoms with Crippen molar-refractivity contribution in [1.29, 1.82) is 0 Å². The SMILES string of the molecule is Cc1occc1-c1cc(NC(=O)COc2ccccc2)n(CCO)n1. The number of amides is 1. The topological polar surface area (TPSA) is 89.5 Å². The van der Waals surface area contributed by atoms with Gasteiger partial charge in [-0.25, -0.2) is 4.68 Å². The van der Waals surface area contributed by atoms with Crippen LogP contribution >= 0.6 is 0 Å². The van der Waals surface area contributed by atoms with Crippen LogP contribution in [0.25, 0.3) is 11.3 Å². The molecule has 1 amide bonds. The average molecular weight is 341 g/mol. The number of nitrogens with zero attached hydrogens (tertiary/aromatic N) is 2. The Balaban J connectivity index is 1.71. The molecule has 3 rings (SSSR count). The number of ether oxygens (including phenoxy) is 1. The summed E-state index contributed by atoms with van der Waals surface area (Å²) in [4.78, 5) is 12.1. The number of benzene rings is 1. The van der Waals surface area contributed by atoms with E-state index in [1.807, 2.05) is 31.2 Å². The molecule has 7 nitrogen and oxygen atoms in total. The zero-order valence-corrected chi connectivity index (χ0v) is 13.8. The number of para-hydroxylation sites is 1. The lowest BCUT2D eigenvalue weighted by Crippen LogP contribution is -2.22. The lowest BCUT2D eigenvalue weighted by atomic mass is 10.2. The number of hydrogen-bond donors (Lipinski definition) is 2. The first-order chi connectivity index (χ1) is 12.2. The van der Waals surface area contributed by atoms with E-state index in [0.29, 0.717) is 17.3 Å². The van der Waals surface area contributed by atoms with Crippen molar-refractivity contribution < 1.29 is 19.1 Å². The molecule has 0 fully saturated rings. The zero-order chi connectivity index (χ0) is 17.6. The van der Waals surface area contributed by atoms with Gasteiger partial charge in [-0.15, -0.1) is 0 Å². The van der Waals surface area contributed by atoms with Crippen LogP contribution in [0.1, 0.15) is 5.76 Å². The van der Waals surface area contributed by atoms with Crippen molar-refractivity contribution in [2.75, 3.05) is 18.5 Å². The van der Waals surface area contributed by atoms with E-state index in [4.69, 9.17) is 9.15 Å². The van der Waals surface area contributed by atoms with Gasteiger partial charge in [0.25, 0.3) is 5.91 Å². The van der Waals surface area contributed by atoms with Gasteiger partial charge in [-0.2, -0.15) is 5.10 Å². The van der Waals surface area contributed by atoms with Crippen LogP contribution in [0.15, 0.2) is 53.1 Å². The van der Waals surface area contributed by atoms with Gasteiger partial charge in [0.2, 0.25) is 0 Å². The van der Waals surface area contributed by atoms with Gasteiger partial charge in [-0.1, -0.05) is 18.2 Å². The fourth-order valence-electron chi connectivity index (χ4n) is 2.41. The molecule has 0 bridgehead atoms. The van der Waals surface area contributed by atoms with Gasteiger partial charge in [0, 0.05) is 11.6 Å². The Kier molecular flexibility index (Phi) is 5.15. The zero-order valence-electron chi connectivity index (χ0n) is 13.8. The van der Waals surface area contributed by atoms with Crippen molar-refractivity contribution in [3.05, 3.63) is 54.5 Å². The quantitative estimate of drug-likeness (QED) is 0.689. The molecule has 0 aliphatic carbocycles. The molecule has 2 heterocycles. The fraction of sp³-hybridized carbons (Fsp3) is 0.222. The van der Waals surface area contributed by atoms with E-state index in [9.17, 15) is 9.90 Å². The minimum absolute atomic E-state index is 0.0884. The Morgan fingerprint density at radius 2 is 2.12 bits per heavy atom. The molecular weight excluding hydrogens is 322 g/mol. The Bertz CT molecular complexity index is 839. The van der Waals surface area contributed by atoms with Crippen molar-refractivity contribution in [3.63, 3.8) is 0 Å². The highest BCUT2D eigenvalue weighted by molar-refractivity contribution is 5.91. The number of carbonyl (C=O) groups excluding carboxylic acids is 1. The monoisotopic (exact) mass is 341 g/mol. The molecule has 0 aliphatic heterocycles. The van der Waals surface area contributed by atoms with Crippen molar-refractivity contribution in [2.24, 2.45) is 0 Å². The fourth-order valence-corrected chi connectivity index (χ4v) is 2.41. The van der Waals surface area contributed by atoms with E-state index in [1.165, 1.54) is 0 Å². The van der Waals surface area contributed by atoms with Crippen molar-refractivity contribution >= 4 is 11.7 Å². The maximum Gasteiger partial charge on any atom is 0.263 e. The van der Waals surface area contributed by atoms with E-state index >= 15 is 0 Å². The molecule has 0 atom stereocenters. The second kappa shape index (κ2) is 7.67. The van der Waals surface area contributed by atoms with Crippen molar-refractivity contribution in [2.45, 2.75) is 13.5 Å². The van der Waals surface area contributed by atoms with Gasteiger partial charge in [-0.3, -0.25) is 4.79 Å². The molecule has 25 heavy (non-hydrogen) atoms. The molecule has 2 aromatic heterocycles. The van der Waals surface area contributed by atoms with E-state index in [2.05, 4.69) is 10.4 Å². The number of hydrogen-bond acceptors (Lipinski definition) is 5. The van der Waals surface area contributed by atoms with Crippen molar-refractivity contribution in [3.8, 4) is 17.0 Å². The second-order valence-electron chi connectivity index (χ2n) is 5.40. The highest BCUT2D eigenvalue weighted by Gasteiger charge is 2.15. The summed E-state index contributed by atoms with van der Waals surface area (Å²) in [6.45, 7) is 1.90. The van der Waals surface area contributed by atoms with Crippen LogP contribution in [0.2, 0.25) is 0 Å². The molecule has 0 saturated carbocycles. The number of carbonyl (C=O) groups is 1. The minimum Gasteiger partial charge on any atom is -0.484 e. The Morgan fingerprint density at radius 1 is 1.32 bits per heavy atom. The number of aromatic nitrogens is 2. The third-order valence-electron chi connectivity index (χ3n) is 3.61. The average Bonchev–Trinajstić information content (AvgIpc) is 3.21. The third-order valence-corrected chi connectivity index (χ3v) is 3.61. The number of anilines is 1. The summed E-state index contributed by atoms with van der Waals surface area (Å²) in [6.07, 6.45) is 1.59. The van der Waals surface area contributed by atoms with Gasteiger partial charge >= 0.3 is 0 Å². The van der Waals surface area contributed by atoms with Crippen LogP contribution in [0.5, 0.6) is 5.75 Å². The summed E-state index contributed by atoms with van der Waals surface area (Å²) in [5.41, 5.74) is 1.51. The smallest absolute Gasteiger partial charge is 0.263 e. The van der Waals surface area contributed by atoms with E-state index in [-0.39, 0.29) is 25.7 Å². The van der Waals surface area contributed by atoms with Gasteiger partial charge in [0.05, 0.1) is 25.1 Å². The molecule has 3 aromatic rings. The number of aryl methyl sites for hydroxylation is 1. The summed E-state index contributed by atoms with van der Waals surface area (Å²) in [7, 11) is 0. The van der Waals surface area contributed by atoms with E-state index < -0.39 is 0 Å². The maximum absolute atomic E-state index is 12.1. The van der Waals surface area contributed by atoms with Crippen molar-refractivity contribution in [1.82, 2.24) is 9.78 Å². The number of furan rings is 1. The van der Waals surface area contributed by atoms with Gasteiger partial charge in [-0.05, 0) is 25.1 Å². The molecule has 0 spiro atoms. The molecule has 1 aromatic carbocycles. The molecular formula is C18H19N3O4. The minimum atomic E-state index is -0.307. The first-order valence-corrected chi connectivity index (χ1v) is 7.88. The Morgan fingerprint density at radius 3 is 2.80 bits per heavy atom. The van der Waals surface area contributed by atoms with Crippen LogP contribution in [0.3, 0.4) is 0 Å². The summed E-state index contributed by atoms with van der Waals surface area (Å²) in [5.74, 6) is 1.54. The predicted octanol–water partition coefficient (Wildman–Crippen LogP) is 2.46. The van der Waals surface area contributed by atoms with E-state index in [0.717, 1.165) is 11.3 Å². The molecule has 7 heteroatoms. The third kappa shape index (κ3) is 4.07. The Hall–Kier alpha value is -3.06. The number of nitrogens with one attached hydrogen (secondary N) is 1. The predicted molar refractivity (Wildman–Crippen MR) is 92.3 cm³/mol. The van der Waals surface area contributed by atoms with Crippen LogP contribution in [0.4, 0.5) is 5.82 Å². The normalized spacial score (nSPS) is 10.6. The molecule has 130 valence electrons. The summed E-state index contributed by atoms with van der Waals surface area (Å²) < 4.78 is 12.3. The van der Waals surface area contributed by atoms with Gasteiger partial charge < -0.3 is 19.6 Å². The molecule has 0 saturated heterocycles. The molecule has 0 radical (unpaired) electrons. The summed E-state index contributed by atoms with van der Waals surface area (Å²) >= 11 is 0. The standard InChI is InChI=1S/C18H19N3O4/c1-13-15(7-10-24-13)16-11-17(21(20-16)8-9-22)19-18(23)12-25-14-5-3-2-4-6-14/h2-7,10-11,22H,8-9,12H2,1H3,(H,19,23). The van der Waals surface area contributed by atoms with Crippen LogP contribution < -0.4 is 10.1 Å². The second-order valence-corrected chi connectivity index (χ2v) is 5.40. The first kappa shape index (κ1) is 16.8. The Labute approximate surface area is 144 Å². The number of rotatable bonds is 7.